The van der Waals surface area contributed by atoms with Crippen LogP contribution in [-0.2, 0) is 28.6 Å². The summed E-state index contributed by atoms with van der Waals surface area (Å²) in [7, 11) is 0. The predicted molar refractivity (Wildman–Crippen MR) is 353 cm³/mol. The minimum atomic E-state index is -0.805. The molecule has 0 N–H and O–H groups in total. The molecule has 0 amide bonds. The second-order valence-electron chi connectivity index (χ2n) is 23.0. The van der Waals surface area contributed by atoms with E-state index < -0.39 is 6.10 Å². The number of allylic oxidation sites excluding steroid dienone is 16. The summed E-state index contributed by atoms with van der Waals surface area (Å²) in [6, 6.07) is 0. The standard InChI is InChI=1S/C75H130O6/c1-4-7-10-13-16-19-22-25-27-29-31-33-34-35-36-37-38-39-40-42-43-45-47-50-53-56-59-62-65-68-74(77)80-71-72(70-79-73(76)67-64-61-58-55-52-49-24-21-18-15-12-9-6-3)81-75(78)69-66-63-60-57-54-51-48-46-44-41-32-30-28-26-23-20-17-14-11-8-5-2/h7,9-10,12,16,18-19,21,25,27,31,33,49,52,58,61,72H,4-6,8,11,13-15,17,20,22-24,26,28-30,32,34-48,50-51,53-57,59-60,62-71H2,1-3H3/b10-7-,12-9-,19-16-,21-18-,27-25-,33-31-,52-49-,61-58-. The highest BCUT2D eigenvalue weighted by Crippen LogP contribution is 2.18. The van der Waals surface area contributed by atoms with Gasteiger partial charge in [0, 0.05) is 19.3 Å². The van der Waals surface area contributed by atoms with Crippen molar-refractivity contribution in [1.82, 2.24) is 0 Å². The second-order valence-corrected chi connectivity index (χ2v) is 23.0. The Kier molecular flexibility index (Phi) is 65.7. The summed E-state index contributed by atoms with van der Waals surface area (Å²) in [6.07, 6.45) is 93.2. The van der Waals surface area contributed by atoms with E-state index in [0.29, 0.717) is 19.3 Å². The predicted octanol–water partition coefficient (Wildman–Crippen LogP) is 24.0. The first-order chi connectivity index (χ1) is 40.0. The fourth-order valence-electron chi connectivity index (χ4n) is 9.98. The van der Waals surface area contributed by atoms with E-state index in [4.69, 9.17) is 14.2 Å². The average molecular weight is 1130 g/mol. The van der Waals surface area contributed by atoms with Gasteiger partial charge in [-0.3, -0.25) is 14.4 Å². The minimum absolute atomic E-state index is 0.0954. The van der Waals surface area contributed by atoms with Gasteiger partial charge in [-0.15, -0.1) is 0 Å². The molecule has 0 aromatic heterocycles. The Bertz CT molecular complexity index is 1580. The zero-order chi connectivity index (χ0) is 58.5. The summed E-state index contributed by atoms with van der Waals surface area (Å²) < 4.78 is 16.9. The van der Waals surface area contributed by atoms with Crippen molar-refractivity contribution in [2.45, 2.75) is 348 Å². The lowest BCUT2D eigenvalue weighted by Gasteiger charge is -2.18. The fourth-order valence-corrected chi connectivity index (χ4v) is 9.98. The second kappa shape index (κ2) is 68.8. The molecule has 81 heavy (non-hydrogen) atoms. The van der Waals surface area contributed by atoms with Crippen LogP contribution in [0, 0.1) is 0 Å². The Balaban J connectivity index is 4.25. The van der Waals surface area contributed by atoms with E-state index in [-0.39, 0.29) is 37.5 Å². The molecular formula is C75H130O6. The van der Waals surface area contributed by atoms with E-state index in [1.54, 1.807) is 0 Å². The fraction of sp³-hybridized carbons (Fsp3) is 0.747. The summed E-state index contributed by atoms with van der Waals surface area (Å²) in [6.45, 7) is 6.40. The Morgan fingerprint density at radius 3 is 0.827 bits per heavy atom. The molecule has 0 aliphatic heterocycles. The molecule has 0 heterocycles. The van der Waals surface area contributed by atoms with Crippen molar-refractivity contribution in [3.8, 4) is 0 Å². The summed E-state index contributed by atoms with van der Waals surface area (Å²) in [5.74, 6) is -0.963. The van der Waals surface area contributed by atoms with Crippen LogP contribution in [0.5, 0.6) is 0 Å². The zero-order valence-corrected chi connectivity index (χ0v) is 53.5. The van der Waals surface area contributed by atoms with Crippen LogP contribution in [0.2, 0.25) is 0 Å². The number of carbonyl (C=O) groups is 3. The van der Waals surface area contributed by atoms with E-state index >= 15 is 0 Å². The van der Waals surface area contributed by atoms with Crippen molar-refractivity contribution >= 4 is 17.9 Å². The molecule has 466 valence electrons. The Morgan fingerprint density at radius 1 is 0.259 bits per heavy atom. The third-order valence-corrected chi connectivity index (χ3v) is 15.1. The van der Waals surface area contributed by atoms with Crippen molar-refractivity contribution in [1.29, 1.82) is 0 Å². The van der Waals surface area contributed by atoms with Crippen molar-refractivity contribution < 1.29 is 28.6 Å². The van der Waals surface area contributed by atoms with Gasteiger partial charge >= 0.3 is 17.9 Å². The Morgan fingerprint density at radius 2 is 0.506 bits per heavy atom. The highest BCUT2D eigenvalue weighted by atomic mass is 16.6. The van der Waals surface area contributed by atoms with E-state index in [1.807, 2.05) is 6.08 Å². The van der Waals surface area contributed by atoms with Crippen LogP contribution in [0.4, 0.5) is 0 Å². The number of unbranched alkanes of at least 4 members (excludes halogenated alkanes) is 36. The van der Waals surface area contributed by atoms with Crippen molar-refractivity contribution in [2.75, 3.05) is 13.2 Å². The molecule has 1 atom stereocenters. The maximum atomic E-state index is 12.9. The van der Waals surface area contributed by atoms with Gasteiger partial charge in [-0.2, -0.15) is 0 Å². The lowest BCUT2D eigenvalue weighted by Crippen LogP contribution is -2.30. The lowest BCUT2D eigenvalue weighted by atomic mass is 10.0. The molecule has 0 fully saturated rings. The van der Waals surface area contributed by atoms with Crippen LogP contribution in [0.25, 0.3) is 0 Å². The molecule has 0 aromatic rings. The van der Waals surface area contributed by atoms with E-state index in [9.17, 15) is 14.4 Å². The van der Waals surface area contributed by atoms with Crippen LogP contribution in [0.15, 0.2) is 97.2 Å². The highest BCUT2D eigenvalue weighted by molar-refractivity contribution is 5.71. The van der Waals surface area contributed by atoms with Gasteiger partial charge in [-0.1, -0.05) is 336 Å². The van der Waals surface area contributed by atoms with E-state index in [0.717, 1.165) is 89.9 Å². The van der Waals surface area contributed by atoms with Crippen molar-refractivity contribution in [3.05, 3.63) is 97.2 Å². The monoisotopic (exact) mass is 1130 g/mol. The molecule has 0 spiro atoms. The van der Waals surface area contributed by atoms with Gasteiger partial charge in [0.1, 0.15) is 13.2 Å². The zero-order valence-electron chi connectivity index (χ0n) is 53.5. The minimum Gasteiger partial charge on any atom is -0.462 e. The van der Waals surface area contributed by atoms with Crippen molar-refractivity contribution in [2.24, 2.45) is 0 Å². The van der Waals surface area contributed by atoms with E-state index in [1.165, 1.54) is 205 Å². The Labute approximate surface area is 502 Å². The number of hydrogen-bond donors (Lipinski definition) is 0. The first-order valence-corrected chi connectivity index (χ1v) is 34.7. The highest BCUT2D eigenvalue weighted by Gasteiger charge is 2.19. The van der Waals surface area contributed by atoms with Crippen LogP contribution in [0.3, 0.4) is 0 Å². The number of carbonyl (C=O) groups excluding carboxylic acids is 3. The number of esters is 3. The van der Waals surface area contributed by atoms with E-state index in [2.05, 4.69) is 112 Å². The topological polar surface area (TPSA) is 78.9 Å². The summed E-state index contributed by atoms with van der Waals surface area (Å²) in [5.41, 5.74) is 0. The number of rotatable bonds is 63. The quantitative estimate of drug-likeness (QED) is 0.0261. The SMILES string of the molecule is CC/C=C\C/C=C\C/C=C\C/C=C\CCCCCCCCCCCCCCCCCCC(=O)OCC(COC(=O)CC/C=C\C/C=C\C/C=C\C/C=C\CC)OC(=O)CCCCCCCCCCCCCCCCCCCCCCC. The molecule has 0 radical (unpaired) electrons. The van der Waals surface area contributed by atoms with Gasteiger partial charge in [-0.25, -0.2) is 0 Å². The normalized spacial score (nSPS) is 12.7. The molecule has 0 aromatic carbocycles. The summed E-state index contributed by atoms with van der Waals surface area (Å²) in [4.78, 5) is 38.3. The summed E-state index contributed by atoms with van der Waals surface area (Å²) in [5, 5.41) is 0. The molecule has 6 nitrogen and oxygen atoms in total. The van der Waals surface area contributed by atoms with Crippen LogP contribution < -0.4 is 0 Å². The van der Waals surface area contributed by atoms with Gasteiger partial charge in [0.2, 0.25) is 0 Å². The maximum Gasteiger partial charge on any atom is 0.306 e. The number of ether oxygens (including phenoxy) is 3. The molecule has 0 saturated heterocycles. The van der Waals surface area contributed by atoms with Gasteiger partial charge in [0.25, 0.3) is 0 Å². The van der Waals surface area contributed by atoms with Gasteiger partial charge in [0.15, 0.2) is 6.10 Å². The molecular weight excluding hydrogens is 997 g/mol. The van der Waals surface area contributed by atoms with Gasteiger partial charge < -0.3 is 14.2 Å². The molecule has 1 unspecified atom stereocenters. The largest absolute Gasteiger partial charge is 0.462 e. The van der Waals surface area contributed by atoms with Crippen LogP contribution in [-0.4, -0.2) is 37.2 Å². The molecule has 0 aliphatic carbocycles. The van der Waals surface area contributed by atoms with Gasteiger partial charge in [0.05, 0.1) is 0 Å². The first kappa shape index (κ1) is 77.3. The van der Waals surface area contributed by atoms with Gasteiger partial charge in [-0.05, 0) is 83.5 Å². The summed E-state index contributed by atoms with van der Waals surface area (Å²) >= 11 is 0. The average Bonchev–Trinajstić information content (AvgIpc) is 3.46. The smallest absolute Gasteiger partial charge is 0.306 e. The molecule has 0 bridgehead atoms. The maximum absolute atomic E-state index is 12.9. The lowest BCUT2D eigenvalue weighted by molar-refractivity contribution is -0.166. The molecule has 0 rings (SSSR count). The molecule has 0 saturated carbocycles. The van der Waals surface area contributed by atoms with Crippen LogP contribution in [0.1, 0.15) is 342 Å². The Hall–Kier alpha value is -3.67. The molecule has 0 aliphatic rings. The van der Waals surface area contributed by atoms with Crippen molar-refractivity contribution in [3.63, 3.8) is 0 Å². The molecule has 6 heteroatoms. The third kappa shape index (κ3) is 67.0. The van der Waals surface area contributed by atoms with Crippen LogP contribution >= 0.6 is 0 Å². The number of hydrogen-bond acceptors (Lipinski definition) is 6. The first-order valence-electron chi connectivity index (χ1n) is 34.7. The third-order valence-electron chi connectivity index (χ3n) is 15.1.